The lowest BCUT2D eigenvalue weighted by Crippen LogP contribution is -2.19. The second-order valence-electron chi connectivity index (χ2n) is 7.83. The second kappa shape index (κ2) is 10.9. The van der Waals surface area contributed by atoms with Crippen LogP contribution in [0.3, 0.4) is 0 Å². The summed E-state index contributed by atoms with van der Waals surface area (Å²) in [5.74, 6) is -0.0404. The molecule has 0 fully saturated rings. The van der Waals surface area contributed by atoms with Crippen molar-refractivity contribution < 1.29 is 31.1 Å². The fourth-order valence-electron chi connectivity index (χ4n) is 3.28. The highest BCUT2D eigenvalue weighted by molar-refractivity contribution is 7.92. The number of rotatable bonds is 7. The van der Waals surface area contributed by atoms with Crippen molar-refractivity contribution in [1.29, 1.82) is 0 Å². The molecule has 4 rings (SSSR count). The second-order valence-corrected chi connectivity index (χ2v) is 10.4. The Balaban J connectivity index is 1.53. The lowest BCUT2D eigenvalue weighted by atomic mass is 10.1. The van der Waals surface area contributed by atoms with Crippen molar-refractivity contribution in [3.63, 3.8) is 0 Å². The largest absolute Gasteiger partial charge is 0.456 e. The van der Waals surface area contributed by atoms with Crippen LogP contribution in [0.4, 0.5) is 24.5 Å². The van der Waals surface area contributed by atoms with E-state index in [1.807, 2.05) is 0 Å². The molecule has 38 heavy (non-hydrogen) atoms. The molecule has 6 nitrogen and oxygen atoms in total. The summed E-state index contributed by atoms with van der Waals surface area (Å²) in [6.45, 7) is 0. The van der Waals surface area contributed by atoms with Crippen LogP contribution in [-0.2, 0) is 16.2 Å². The van der Waals surface area contributed by atoms with E-state index in [2.05, 4.69) is 10.0 Å². The van der Waals surface area contributed by atoms with Gasteiger partial charge < -0.3 is 10.1 Å². The molecule has 0 spiro atoms. The first-order chi connectivity index (χ1) is 17.9. The number of carbonyl (C=O) groups excluding carboxylic acids is 1. The van der Waals surface area contributed by atoms with Gasteiger partial charge in [-0.05, 0) is 78.9 Å². The van der Waals surface area contributed by atoms with E-state index >= 15 is 0 Å². The number of hydrogen-bond acceptors (Lipinski definition) is 4. The van der Waals surface area contributed by atoms with Gasteiger partial charge in [0, 0.05) is 10.7 Å². The van der Waals surface area contributed by atoms with E-state index in [1.54, 1.807) is 24.3 Å². The molecule has 0 heterocycles. The Morgan fingerprint density at radius 1 is 0.842 bits per heavy atom. The first kappa shape index (κ1) is 27.3. The molecule has 0 unspecified atom stereocenters. The fraction of sp³-hybridized carbons (Fsp3) is 0.0385. The number of halogens is 5. The van der Waals surface area contributed by atoms with Gasteiger partial charge in [0.25, 0.3) is 15.9 Å². The maximum absolute atomic E-state index is 13.0. The summed E-state index contributed by atoms with van der Waals surface area (Å²) in [4.78, 5) is 12.8. The van der Waals surface area contributed by atoms with Crippen molar-refractivity contribution in [3.05, 3.63) is 112 Å². The predicted octanol–water partition coefficient (Wildman–Crippen LogP) is 7.86. The van der Waals surface area contributed by atoms with Crippen molar-refractivity contribution in [1.82, 2.24) is 0 Å². The molecule has 0 radical (unpaired) electrons. The zero-order valence-electron chi connectivity index (χ0n) is 19.1. The lowest BCUT2D eigenvalue weighted by molar-refractivity contribution is -0.137. The molecular formula is C26H17Cl2F3N2O4S. The van der Waals surface area contributed by atoms with E-state index in [1.165, 1.54) is 42.5 Å². The van der Waals surface area contributed by atoms with Crippen LogP contribution in [0.2, 0.25) is 10.0 Å². The Bertz CT molecular complexity index is 1580. The van der Waals surface area contributed by atoms with Gasteiger partial charge in [0.15, 0.2) is 0 Å². The molecule has 1 amide bonds. The molecule has 0 atom stereocenters. The molecule has 196 valence electrons. The molecule has 0 saturated heterocycles. The van der Waals surface area contributed by atoms with Crippen LogP contribution in [0, 0.1) is 0 Å². The average Bonchev–Trinajstić information content (AvgIpc) is 2.86. The molecule has 2 N–H and O–H groups in total. The molecule has 12 heteroatoms. The number of carbonyl (C=O) groups is 1. The minimum absolute atomic E-state index is 0.0749. The fourth-order valence-corrected chi connectivity index (χ4v) is 4.71. The van der Waals surface area contributed by atoms with Crippen LogP contribution in [0.1, 0.15) is 15.9 Å². The Hall–Kier alpha value is -3.73. The van der Waals surface area contributed by atoms with E-state index in [4.69, 9.17) is 27.9 Å². The van der Waals surface area contributed by atoms with Crippen LogP contribution in [0.15, 0.2) is 95.9 Å². The number of benzene rings is 4. The number of amides is 1. The number of para-hydroxylation sites is 1. The quantitative estimate of drug-likeness (QED) is 0.233. The van der Waals surface area contributed by atoms with Gasteiger partial charge in [0.1, 0.15) is 11.5 Å². The molecule has 0 aliphatic heterocycles. The lowest BCUT2D eigenvalue weighted by Gasteiger charge is -2.14. The summed E-state index contributed by atoms with van der Waals surface area (Å²) < 4.78 is 72.5. The summed E-state index contributed by atoms with van der Waals surface area (Å²) in [6.07, 6.45) is -4.53. The van der Waals surface area contributed by atoms with Gasteiger partial charge in [0.05, 0.1) is 26.7 Å². The molecule has 4 aromatic rings. The molecule has 0 bridgehead atoms. The van der Waals surface area contributed by atoms with E-state index in [0.717, 1.165) is 24.3 Å². The highest BCUT2D eigenvalue weighted by Crippen LogP contribution is 2.32. The predicted molar refractivity (Wildman–Crippen MR) is 140 cm³/mol. The Morgan fingerprint density at radius 2 is 1.50 bits per heavy atom. The number of ether oxygens (including phenoxy) is 1. The van der Waals surface area contributed by atoms with Gasteiger partial charge in [-0.25, -0.2) is 8.42 Å². The monoisotopic (exact) mass is 580 g/mol. The average molecular weight is 581 g/mol. The number of sulfonamides is 1. The number of nitrogens with one attached hydrogen (secondary N) is 2. The van der Waals surface area contributed by atoms with Crippen LogP contribution in [0.5, 0.6) is 11.5 Å². The Kier molecular flexibility index (Phi) is 7.86. The molecule has 4 aromatic carbocycles. The minimum Gasteiger partial charge on any atom is -0.456 e. The summed E-state index contributed by atoms with van der Waals surface area (Å²) in [6, 6.07) is 20.0. The van der Waals surface area contributed by atoms with Gasteiger partial charge in [-0.3, -0.25) is 9.52 Å². The minimum atomic E-state index is -4.53. The standard InChI is InChI=1S/C26H17Cl2F3N2O4S/c27-17-7-14-23(21(15-17)25(34)32-18-8-5-16(6-9-18)26(29,30)31)33-38(35,36)20-12-10-19(11-13-20)37-24-4-2-1-3-22(24)28/h1-15,33H,(H,32,34). The van der Waals surface area contributed by atoms with Gasteiger partial charge in [-0.15, -0.1) is 0 Å². The van der Waals surface area contributed by atoms with Crippen molar-refractivity contribution >= 4 is 50.5 Å². The van der Waals surface area contributed by atoms with Gasteiger partial charge in [-0.2, -0.15) is 13.2 Å². The highest BCUT2D eigenvalue weighted by Gasteiger charge is 2.30. The van der Waals surface area contributed by atoms with Gasteiger partial charge in [0.2, 0.25) is 0 Å². The molecule has 0 aliphatic carbocycles. The van der Waals surface area contributed by atoms with E-state index in [0.29, 0.717) is 16.5 Å². The Morgan fingerprint density at radius 3 is 2.13 bits per heavy atom. The van der Waals surface area contributed by atoms with Crippen LogP contribution in [-0.4, -0.2) is 14.3 Å². The third-order valence-corrected chi connectivity index (χ3v) is 7.07. The first-order valence-electron chi connectivity index (χ1n) is 10.8. The summed E-state index contributed by atoms with van der Waals surface area (Å²) in [7, 11) is -4.15. The van der Waals surface area contributed by atoms with Crippen molar-refractivity contribution in [2.24, 2.45) is 0 Å². The highest BCUT2D eigenvalue weighted by atomic mass is 35.5. The molecule has 0 saturated carbocycles. The molecule has 0 aliphatic rings. The summed E-state index contributed by atoms with van der Waals surface area (Å²) >= 11 is 12.1. The maximum Gasteiger partial charge on any atom is 0.416 e. The molecular weight excluding hydrogens is 564 g/mol. The summed E-state index contributed by atoms with van der Waals surface area (Å²) in [5.41, 5.74) is -1.03. The first-order valence-corrected chi connectivity index (χ1v) is 13.0. The van der Waals surface area contributed by atoms with Crippen molar-refractivity contribution in [3.8, 4) is 11.5 Å². The van der Waals surface area contributed by atoms with Gasteiger partial charge in [-0.1, -0.05) is 35.3 Å². The SMILES string of the molecule is O=C(Nc1ccc(C(F)(F)F)cc1)c1cc(Cl)ccc1NS(=O)(=O)c1ccc(Oc2ccccc2Cl)cc1. The number of anilines is 2. The topological polar surface area (TPSA) is 84.5 Å². The zero-order valence-corrected chi connectivity index (χ0v) is 21.4. The smallest absolute Gasteiger partial charge is 0.416 e. The van der Waals surface area contributed by atoms with E-state index < -0.39 is 27.7 Å². The van der Waals surface area contributed by atoms with E-state index in [9.17, 15) is 26.4 Å². The van der Waals surface area contributed by atoms with Crippen LogP contribution < -0.4 is 14.8 Å². The summed E-state index contributed by atoms with van der Waals surface area (Å²) in [5, 5.41) is 2.97. The van der Waals surface area contributed by atoms with Crippen molar-refractivity contribution in [2.45, 2.75) is 11.1 Å². The number of hydrogen-bond donors (Lipinski definition) is 2. The molecule has 0 aromatic heterocycles. The Labute approximate surface area is 226 Å². The zero-order chi connectivity index (χ0) is 27.5. The van der Waals surface area contributed by atoms with Crippen LogP contribution >= 0.6 is 23.2 Å². The van der Waals surface area contributed by atoms with Gasteiger partial charge >= 0.3 is 6.18 Å². The maximum atomic E-state index is 13.0. The third-order valence-electron chi connectivity index (χ3n) is 5.14. The van der Waals surface area contributed by atoms with Crippen molar-refractivity contribution in [2.75, 3.05) is 10.0 Å². The third kappa shape index (κ3) is 6.58. The van der Waals surface area contributed by atoms with E-state index in [-0.39, 0.29) is 26.9 Å². The van der Waals surface area contributed by atoms with Crippen LogP contribution in [0.25, 0.3) is 0 Å². The normalized spacial score (nSPS) is 11.6. The number of alkyl halides is 3.